The van der Waals surface area contributed by atoms with Gasteiger partial charge in [-0.2, -0.15) is 0 Å². The molecule has 0 aromatic carbocycles. The molecule has 0 aromatic rings. The van der Waals surface area contributed by atoms with Gasteiger partial charge in [-0.05, 0) is 41.0 Å². The quantitative estimate of drug-likeness (QED) is 0.715. The second-order valence-corrected chi connectivity index (χ2v) is 5.85. The third-order valence-corrected chi connectivity index (χ3v) is 2.70. The molecule has 6 heteroatoms. The van der Waals surface area contributed by atoms with Crippen molar-refractivity contribution in [1.82, 2.24) is 10.2 Å². The lowest BCUT2D eigenvalue weighted by atomic mass is 10.2. The average Bonchev–Trinajstić information content (AvgIpc) is 2.29. The van der Waals surface area contributed by atoms with Gasteiger partial charge in [0.1, 0.15) is 5.60 Å². The van der Waals surface area contributed by atoms with Crippen LogP contribution < -0.4 is 5.32 Å². The van der Waals surface area contributed by atoms with Crippen LogP contribution in [-0.2, 0) is 9.53 Å². The zero-order valence-corrected chi connectivity index (χ0v) is 13.2. The molecule has 0 aromatic heterocycles. The lowest BCUT2D eigenvalue weighted by molar-refractivity contribution is -0.137. The monoisotopic (exact) mass is 288 g/mol. The van der Waals surface area contributed by atoms with E-state index in [9.17, 15) is 9.59 Å². The molecule has 0 radical (unpaired) electrons. The molecular formula is C14H28N2O4. The molecule has 6 nitrogen and oxygen atoms in total. The van der Waals surface area contributed by atoms with Crippen molar-refractivity contribution in [2.24, 2.45) is 0 Å². The Kier molecular flexibility index (Phi) is 8.22. The Morgan fingerprint density at radius 1 is 1.35 bits per heavy atom. The van der Waals surface area contributed by atoms with Crippen molar-refractivity contribution >= 4 is 12.1 Å². The lowest BCUT2D eigenvalue weighted by Crippen LogP contribution is -2.41. The van der Waals surface area contributed by atoms with Crippen LogP contribution in [0.25, 0.3) is 0 Å². The fraction of sp³-hybridized carbons (Fsp3) is 0.857. The van der Waals surface area contributed by atoms with Crippen LogP contribution in [0.2, 0.25) is 0 Å². The van der Waals surface area contributed by atoms with Gasteiger partial charge in [0, 0.05) is 32.1 Å². The molecule has 1 amide bonds. The average molecular weight is 288 g/mol. The molecule has 2 N–H and O–H groups in total. The smallest absolute Gasteiger partial charge is 0.410 e. The molecule has 0 rings (SSSR count). The number of nitrogens with zero attached hydrogens (tertiary/aromatic N) is 1. The normalized spacial score (nSPS) is 12.8. The highest BCUT2D eigenvalue weighted by atomic mass is 16.6. The van der Waals surface area contributed by atoms with Crippen LogP contribution in [-0.4, -0.2) is 53.3 Å². The molecule has 0 aliphatic rings. The van der Waals surface area contributed by atoms with Gasteiger partial charge in [0.2, 0.25) is 0 Å². The van der Waals surface area contributed by atoms with E-state index in [-0.39, 0.29) is 18.6 Å². The van der Waals surface area contributed by atoms with E-state index < -0.39 is 11.6 Å². The van der Waals surface area contributed by atoms with Crippen LogP contribution in [0, 0.1) is 0 Å². The van der Waals surface area contributed by atoms with E-state index in [4.69, 9.17) is 9.84 Å². The number of aliphatic carboxylic acids is 1. The van der Waals surface area contributed by atoms with Crippen molar-refractivity contribution in [1.29, 1.82) is 0 Å². The summed E-state index contributed by atoms with van der Waals surface area (Å²) >= 11 is 0. The maximum absolute atomic E-state index is 11.9. The molecule has 0 saturated heterocycles. The van der Waals surface area contributed by atoms with Crippen molar-refractivity contribution in [2.75, 3.05) is 19.6 Å². The second kappa shape index (κ2) is 8.79. The van der Waals surface area contributed by atoms with Crippen LogP contribution in [0.15, 0.2) is 0 Å². The van der Waals surface area contributed by atoms with Gasteiger partial charge >= 0.3 is 12.1 Å². The van der Waals surface area contributed by atoms with Gasteiger partial charge < -0.3 is 20.1 Å². The molecule has 0 aliphatic heterocycles. The third kappa shape index (κ3) is 9.61. The van der Waals surface area contributed by atoms with Gasteiger partial charge in [0.15, 0.2) is 0 Å². The van der Waals surface area contributed by atoms with Crippen LogP contribution >= 0.6 is 0 Å². The van der Waals surface area contributed by atoms with Crippen LogP contribution in [0.5, 0.6) is 0 Å². The van der Waals surface area contributed by atoms with Crippen molar-refractivity contribution in [3.63, 3.8) is 0 Å². The highest BCUT2D eigenvalue weighted by Crippen LogP contribution is 2.09. The summed E-state index contributed by atoms with van der Waals surface area (Å²) in [6.07, 6.45) is 0.408. The maximum Gasteiger partial charge on any atom is 0.410 e. The van der Waals surface area contributed by atoms with Crippen LogP contribution in [0.1, 0.15) is 47.5 Å². The minimum Gasteiger partial charge on any atom is -0.481 e. The molecule has 0 fully saturated rings. The first-order chi connectivity index (χ1) is 9.15. The van der Waals surface area contributed by atoms with Gasteiger partial charge in [-0.3, -0.25) is 4.79 Å². The molecule has 0 saturated carbocycles. The summed E-state index contributed by atoms with van der Waals surface area (Å²) in [5, 5.41) is 11.8. The Morgan fingerprint density at radius 2 is 1.95 bits per heavy atom. The number of carbonyl (C=O) groups is 2. The van der Waals surface area contributed by atoms with Crippen LogP contribution in [0.3, 0.4) is 0 Å². The Morgan fingerprint density at radius 3 is 2.40 bits per heavy atom. The molecule has 0 spiro atoms. The minimum absolute atomic E-state index is 0.114. The van der Waals surface area contributed by atoms with Gasteiger partial charge in [-0.15, -0.1) is 0 Å². The van der Waals surface area contributed by atoms with E-state index >= 15 is 0 Å². The largest absolute Gasteiger partial charge is 0.481 e. The zero-order valence-electron chi connectivity index (χ0n) is 13.2. The molecule has 0 heterocycles. The summed E-state index contributed by atoms with van der Waals surface area (Å²) in [5.74, 6) is -0.789. The van der Waals surface area contributed by atoms with Crippen molar-refractivity contribution in [3.8, 4) is 0 Å². The third-order valence-electron chi connectivity index (χ3n) is 2.70. The number of amides is 1. The van der Waals surface area contributed by atoms with Crippen molar-refractivity contribution < 1.29 is 19.4 Å². The molecule has 0 aliphatic carbocycles. The summed E-state index contributed by atoms with van der Waals surface area (Å²) < 4.78 is 5.31. The standard InChI is InChI=1S/C14H28N2O4/c1-6-16(13(19)20-14(3,4)5)10-9-15-11(2)7-8-12(17)18/h11,15H,6-10H2,1-5H3,(H,17,18). The van der Waals surface area contributed by atoms with Crippen molar-refractivity contribution in [3.05, 3.63) is 0 Å². The Balaban J connectivity index is 4.01. The van der Waals surface area contributed by atoms with E-state index in [0.717, 1.165) is 0 Å². The number of hydrogen-bond donors (Lipinski definition) is 2. The van der Waals surface area contributed by atoms with Gasteiger partial charge in [0.05, 0.1) is 0 Å². The van der Waals surface area contributed by atoms with E-state index in [1.807, 2.05) is 34.6 Å². The van der Waals surface area contributed by atoms with Gasteiger partial charge in [0.25, 0.3) is 0 Å². The predicted octanol–water partition coefficient (Wildman–Crippen LogP) is 2.09. The number of carboxylic acids is 1. The van der Waals surface area contributed by atoms with Crippen molar-refractivity contribution in [2.45, 2.75) is 59.1 Å². The first kappa shape index (κ1) is 18.7. The molecule has 0 bridgehead atoms. The number of nitrogens with one attached hydrogen (secondary N) is 1. The summed E-state index contributed by atoms with van der Waals surface area (Å²) in [4.78, 5) is 24.0. The Labute approximate surface area is 121 Å². The lowest BCUT2D eigenvalue weighted by Gasteiger charge is -2.27. The predicted molar refractivity (Wildman–Crippen MR) is 77.8 cm³/mol. The second-order valence-electron chi connectivity index (χ2n) is 5.85. The Bertz CT molecular complexity index is 313. The molecule has 20 heavy (non-hydrogen) atoms. The number of ether oxygens (including phenoxy) is 1. The van der Waals surface area contributed by atoms with Gasteiger partial charge in [-0.25, -0.2) is 4.79 Å². The first-order valence-electron chi connectivity index (χ1n) is 7.08. The molecule has 1 unspecified atom stereocenters. The minimum atomic E-state index is -0.789. The highest BCUT2D eigenvalue weighted by Gasteiger charge is 2.20. The molecule has 118 valence electrons. The van der Waals surface area contributed by atoms with Crippen LogP contribution in [0.4, 0.5) is 4.79 Å². The number of hydrogen-bond acceptors (Lipinski definition) is 4. The topological polar surface area (TPSA) is 78.9 Å². The first-order valence-corrected chi connectivity index (χ1v) is 7.08. The summed E-state index contributed by atoms with van der Waals surface area (Å²) in [6.45, 7) is 11.1. The summed E-state index contributed by atoms with van der Waals surface area (Å²) in [6, 6.07) is 0.114. The fourth-order valence-corrected chi connectivity index (χ4v) is 1.59. The number of carbonyl (C=O) groups excluding carboxylic acids is 1. The zero-order chi connectivity index (χ0) is 15.8. The summed E-state index contributed by atoms with van der Waals surface area (Å²) in [5.41, 5.74) is -0.493. The van der Waals surface area contributed by atoms with E-state index in [1.165, 1.54) is 0 Å². The maximum atomic E-state index is 11.9. The van der Waals surface area contributed by atoms with Gasteiger partial charge in [-0.1, -0.05) is 0 Å². The Hall–Kier alpha value is -1.30. The molecule has 1 atom stereocenters. The number of likely N-dealkylation sites (N-methyl/N-ethyl adjacent to an activating group) is 1. The highest BCUT2D eigenvalue weighted by molar-refractivity contribution is 5.68. The SMILES string of the molecule is CCN(CCNC(C)CCC(=O)O)C(=O)OC(C)(C)C. The number of rotatable bonds is 8. The fourth-order valence-electron chi connectivity index (χ4n) is 1.59. The molecular weight excluding hydrogens is 260 g/mol. The summed E-state index contributed by atoms with van der Waals surface area (Å²) in [7, 11) is 0. The van der Waals surface area contributed by atoms with E-state index in [1.54, 1.807) is 4.90 Å². The number of carboxylic acid groups (broad SMARTS) is 1. The van der Waals surface area contributed by atoms with E-state index in [2.05, 4.69) is 5.32 Å². The van der Waals surface area contributed by atoms with E-state index in [0.29, 0.717) is 26.1 Å².